The van der Waals surface area contributed by atoms with Gasteiger partial charge < -0.3 is 10.5 Å². The Labute approximate surface area is 87.5 Å². The van der Waals surface area contributed by atoms with Crippen molar-refractivity contribution >= 4 is 5.69 Å². The molecule has 0 saturated heterocycles. The van der Waals surface area contributed by atoms with Gasteiger partial charge in [-0.2, -0.15) is 5.10 Å². The van der Waals surface area contributed by atoms with Crippen LogP contribution in [0.4, 0.5) is 5.69 Å². The summed E-state index contributed by atoms with van der Waals surface area (Å²) in [6, 6.07) is 5.22. The van der Waals surface area contributed by atoms with Crippen LogP contribution in [0, 0.1) is 6.92 Å². The zero-order valence-electron chi connectivity index (χ0n) is 8.64. The highest BCUT2D eigenvalue weighted by Gasteiger charge is 2.05. The highest BCUT2D eigenvalue weighted by Crippen LogP contribution is 2.20. The number of hydrogen-bond acceptors (Lipinski definition) is 4. The molecule has 15 heavy (non-hydrogen) atoms. The van der Waals surface area contributed by atoms with E-state index in [1.807, 2.05) is 20.0 Å². The Morgan fingerprint density at radius 3 is 2.80 bits per heavy atom. The highest BCUT2D eigenvalue weighted by atomic mass is 16.5. The highest BCUT2D eigenvalue weighted by molar-refractivity contribution is 5.40. The van der Waals surface area contributed by atoms with Crippen LogP contribution in [0.15, 0.2) is 24.4 Å². The lowest BCUT2D eigenvalue weighted by molar-refractivity contribution is 0.416. The van der Waals surface area contributed by atoms with Crippen LogP contribution in [-0.2, 0) is 7.05 Å². The van der Waals surface area contributed by atoms with Gasteiger partial charge in [0, 0.05) is 31.1 Å². The maximum Gasteiger partial charge on any atom is 0.223 e. The zero-order valence-corrected chi connectivity index (χ0v) is 8.64. The number of aryl methyl sites for hydroxylation is 2. The fraction of sp³-hybridized carbons (Fsp3) is 0.200. The first-order chi connectivity index (χ1) is 7.15. The minimum atomic E-state index is 0.470. The van der Waals surface area contributed by atoms with Crippen LogP contribution in [0.25, 0.3) is 0 Å². The average Bonchev–Trinajstić information content (AvgIpc) is 2.45. The Balaban J connectivity index is 2.25. The Morgan fingerprint density at radius 2 is 2.20 bits per heavy atom. The third kappa shape index (κ3) is 2.07. The number of aromatic nitrogens is 3. The first-order valence-corrected chi connectivity index (χ1v) is 4.55. The third-order valence-electron chi connectivity index (χ3n) is 1.93. The molecule has 2 aromatic heterocycles. The normalized spacial score (nSPS) is 10.3. The predicted octanol–water partition coefficient (Wildman–Crippen LogP) is 1.50. The second-order valence-electron chi connectivity index (χ2n) is 3.28. The lowest BCUT2D eigenvalue weighted by Gasteiger charge is -2.04. The number of anilines is 1. The van der Waals surface area contributed by atoms with Crippen molar-refractivity contribution in [2.75, 3.05) is 5.73 Å². The molecule has 2 aromatic rings. The molecule has 0 radical (unpaired) electrons. The number of rotatable bonds is 2. The van der Waals surface area contributed by atoms with Crippen molar-refractivity contribution in [2.45, 2.75) is 6.92 Å². The molecule has 0 fully saturated rings. The topological polar surface area (TPSA) is 66.0 Å². The molecule has 0 aliphatic carbocycles. The fourth-order valence-corrected chi connectivity index (χ4v) is 1.27. The van der Waals surface area contributed by atoms with Gasteiger partial charge in [0.05, 0.1) is 5.69 Å². The molecule has 0 aliphatic rings. The molecule has 2 heterocycles. The molecule has 2 rings (SSSR count). The summed E-state index contributed by atoms with van der Waals surface area (Å²) in [4.78, 5) is 4.04. The van der Waals surface area contributed by atoms with E-state index in [2.05, 4.69) is 10.1 Å². The molecular weight excluding hydrogens is 192 g/mol. The molecule has 0 atom stereocenters. The summed E-state index contributed by atoms with van der Waals surface area (Å²) in [5.74, 6) is 1.11. The second-order valence-corrected chi connectivity index (χ2v) is 3.28. The molecule has 2 N–H and O–H groups in total. The number of pyridine rings is 1. The van der Waals surface area contributed by atoms with Crippen LogP contribution in [0.3, 0.4) is 0 Å². The molecule has 5 nitrogen and oxygen atoms in total. The van der Waals surface area contributed by atoms with Crippen molar-refractivity contribution in [3.05, 3.63) is 30.1 Å². The summed E-state index contributed by atoms with van der Waals surface area (Å²) in [7, 11) is 1.81. The molecular formula is C10H12N4O. The van der Waals surface area contributed by atoms with Gasteiger partial charge in [-0.25, -0.2) is 9.67 Å². The smallest absolute Gasteiger partial charge is 0.223 e. The minimum absolute atomic E-state index is 0.470. The van der Waals surface area contributed by atoms with Crippen LogP contribution in [0.1, 0.15) is 5.69 Å². The second kappa shape index (κ2) is 3.61. The average molecular weight is 204 g/mol. The van der Waals surface area contributed by atoms with Crippen molar-refractivity contribution < 1.29 is 4.74 Å². The maximum absolute atomic E-state index is 5.61. The fourth-order valence-electron chi connectivity index (χ4n) is 1.27. The van der Waals surface area contributed by atoms with Gasteiger partial charge in [-0.05, 0) is 13.0 Å². The Bertz CT molecular complexity index is 478. The van der Waals surface area contributed by atoms with Gasteiger partial charge >= 0.3 is 0 Å². The van der Waals surface area contributed by atoms with Gasteiger partial charge in [0.1, 0.15) is 0 Å². The van der Waals surface area contributed by atoms with E-state index >= 15 is 0 Å². The summed E-state index contributed by atoms with van der Waals surface area (Å²) in [6.07, 6.45) is 1.61. The van der Waals surface area contributed by atoms with E-state index in [-0.39, 0.29) is 0 Å². The van der Waals surface area contributed by atoms with E-state index < -0.39 is 0 Å². The van der Waals surface area contributed by atoms with E-state index in [0.29, 0.717) is 17.4 Å². The number of nitrogens with zero attached hydrogens (tertiary/aromatic N) is 3. The molecule has 0 aliphatic heterocycles. The van der Waals surface area contributed by atoms with E-state index in [4.69, 9.17) is 10.5 Å². The van der Waals surface area contributed by atoms with Gasteiger partial charge in [0.25, 0.3) is 0 Å². The van der Waals surface area contributed by atoms with Gasteiger partial charge in [0.2, 0.25) is 11.8 Å². The zero-order chi connectivity index (χ0) is 10.8. The number of nitrogens with two attached hydrogens (primary N) is 1. The summed E-state index contributed by atoms with van der Waals surface area (Å²) in [5.41, 5.74) is 7.14. The number of ether oxygens (including phenoxy) is 1. The SMILES string of the molecule is Cc1cc(Oc2cc(N)ccn2)n(C)n1. The van der Waals surface area contributed by atoms with Gasteiger partial charge in [-0.3, -0.25) is 0 Å². The van der Waals surface area contributed by atoms with Crippen LogP contribution in [0.5, 0.6) is 11.8 Å². The summed E-state index contributed by atoms with van der Waals surface area (Å²) in [5, 5.41) is 4.16. The first-order valence-electron chi connectivity index (χ1n) is 4.55. The molecule has 0 unspecified atom stereocenters. The minimum Gasteiger partial charge on any atom is -0.421 e. The lowest BCUT2D eigenvalue weighted by Crippen LogP contribution is -1.96. The lowest BCUT2D eigenvalue weighted by atomic mass is 10.4. The van der Waals surface area contributed by atoms with Gasteiger partial charge in [-0.1, -0.05) is 0 Å². The van der Waals surface area contributed by atoms with Crippen molar-refractivity contribution in [3.8, 4) is 11.8 Å². The quantitative estimate of drug-likeness (QED) is 0.805. The third-order valence-corrected chi connectivity index (χ3v) is 1.93. The van der Waals surface area contributed by atoms with E-state index in [1.165, 1.54) is 0 Å². The summed E-state index contributed by atoms with van der Waals surface area (Å²) < 4.78 is 7.17. The number of hydrogen-bond donors (Lipinski definition) is 1. The number of nitrogen functional groups attached to an aromatic ring is 1. The van der Waals surface area contributed by atoms with Gasteiger partial charge in [0.15, 0.2) is 0 Å². The Kier molecular flexibility index (Phi) is 2.29. The van der Waals surface area contributed by atoms with Crippen molar-refractivity contribution in [2.24, 2.45) is 7.05 Å². The van der Waals surface area contributed by atoms with E-state index in [9.17, 15) is 0 Å². The summed E-state index contributed by atoms with van der Waals surface area (Å²) in [6.45, 7) is 1.90. The van der Waals surface area contributed by atoms with Crippen LogP contribution in [0.2, 0.25) is 0 Å². The molecule has 5 heteroatoms. The molecule has 78 valence electrons. The monoisotopic (exact) mass is 204 g/mol. The van der Waals surface area contributed by atoms with Crippen LogP contribution in [-0.4, -0.2) is 14.8 Å². The van der Waals surface area contributed by atoms with Crippen molar-refractivity contribution in [1.82, 2.24) is 14.8 Å². The predicted molar refractivity (Wildman–Crippen MR) is 56.7 cm³/mol. The maximum atomic E-state index is 5.61. The molecule has 0 saturated carbocycles. The van der Waals surface area contributed by atoms with Gasteiger partial charge in [-0.15, -0.1) is 0 Å². The van der Waals surface area contributed by atoms with Crippen molar-refractivity contribution in [3.63, 3.8) is 0 Å². The van der Waals surface area contributed by atoms with Crippen molar-refractivity contribution in [1.29, 1.82) is 0 Å². The van der Waals surface area contributed by atoms with Crippen LogP contribution < -0.4 is 10.5 Å². The molecule has 0 spiro atoms. The van der Waals surface area contributed by atoms with E-state index in [1.54, 1.807) is 23.0 Å². The standard InChI is InChI=1S/C10H12N4O/c1-7-5-10(14(2)13-7)15-9-6-8(11)3-4-12-9/h3-6H,1-2H3,(H2,11,12). The van der Waals surface area contributed by atoms with E-state index in [0.717, 1.165) is 5.69 Å². The van der Waals surface area contributed by atoms with Crippen LogP contribution >= 0.6 is 0 Å². The largest absolute Gasteiger partial charge is 0.421 e. The summed E-state index contributed by atoms with van der Waals surface area (Å²) >= 11 is 0. The first kappa shape index (κ1) is 9.51. The molecule has 0 amide bonds. The molecule has 0 aromatic carbocycles. The Morgan fingerprint density at radius 1 is 1.40 bits per heavy atom. The molecule has 0 bridgehead atoms. The Hall–Kier alpha value is -2.04.